The average Bonchev–Trinajstić information content (AvgIpc) is 2.15. The summed E-state index contributed by atoms with van der Waals surface area (Å²) >= 11 is 5.82. The molecule has 15 heavy (non-hydrogen) atoms. The van der Waals surface area contributed by atoms with Gasteiger partial charge in [0.05, 0.1) is 12.4 Å². The Labute approximate surface area is 94.7 Å². The number of halogens is 1. The van der Waals surface area contributed by atoms with Crippen LogP contribution in [0.1, 0.15) is 12.5 Å². The maximum Gasteiger partial charge on any atom is 0.122 e. The highest BCUT2D eigenvalue weighted by atomic mass is 35.5. The van der Waals surface area contributed by atoms with Gasteiger partial charge in [0.15, 0.2) is 0 Å². The van der Waals surface area contributed by atoms with E-state index in [2.05, 4.69) is 0 Å². The summed E-state index contributed by atoms with van der Waals surface area (Å²) in [5, 5.41) is 7.92. The van der Waals surface area contributed by atoms with Crippen LogP contribution in [-0.4, -0.2) is 12.4 Å². The van der Waals surface area contributed by atoms with Crippen molar-refractivity contribution in [2.24, 2.45) is 11.7 Å². The van der Waals surface area contributed by atoms with Crippen molar-refractivity contribution in [2.75, 3.05) is 6.61 Å². The summed E-state index contributed by atoms with van der Waals surface area (Å²) in [6.07, 6.45) is 0. The molecular formula is C11H15ClN2O. The van der Waals surface area contributed by atoms with Crippen molar-refractivity contribution < 1.29 is 4.74 Å². The third kappa shape index (κ3) is 3.44. The summed E-state index contributed by atoms with van der Waals surface area (Å²) in [4.78, 5) is 0. The Morgan fingerprint density at radius 2 is 2.27 bits per heavy atom. The SMILES string of the molecule is Cc1cc(Cl)ccc1OCC(C)C(=N)N. The number of aryl methyl sites for hydroxylation is 1. The molecule has 0 aliphatic carbocycles. The van der Waals surface area contributed by atoms with E-state index in [0.717, 1.165) is 11.3 Å². The predicted octanol–water partition coefficient (Wildman–Crippen LogP) is 2.60. The summed E-state index contributed by atoms with van der Waals surface area (Å²) in [5.74, 6) is 0.856. The largest absolute Gasteiger partial charge is 0.493 e. The van der Waals surface area contributed by atoms with Gasteiger partial charge < -0.3 is 10.5 Å². The second kappa shape index (κ2) is 5.03. The first-order chi connectivity index (χ1) is 7.00. The topological polar surface area (TPSA) is 59.1 Å². The number of ether oxygens (including phenoxy) is 1. The summed E-state index contributed by atoms with van der Waals surface area (Å²) in [6.45, 7) is 4.20. The van der Waals surface area contributed by atoms with Gasteiger partial charge in [-0.2, -0.15) is 0 Å². The minimum atomic E-state index is -0.0694. The molecule has 82 valence electrons. The molecule has 0 spiro atoms. The molecule has 4 heteroatoms. The lowest BCUT2D eigenvalue weighted by atomic mass is 10.2. The smallest absolute Gasteiger partial charge is 0.122 e. The fourth-order valence-electron chi connectivity index (χ4n) is 1.08. The van der Waals surface area contributed by atoms with Gasteiger partial charge in [-0.25, -0.2) is 0 Å². The highest BCUT2D eigenvalue weighted by Gasteiger charge is 2.07. The van der Waals surface area contributed by atoms with E-state index in [1.165, 1.54) is 0 Å². The van der Waals surface area contributed by atoms with Crippen molar-refractivity contribution >= 4 is 17.4 Å². The van der Waals surface area contributed by atoms with E-state index in [-0.39, 0.29) is 11.8 Å². The Morgan fingerprint density at radius 3 is 2.80 bits per heavy atom. The average molecular weight is 227 g/mol. The Morgan fingerprint density at radius 1 is 1.60 bits per heavy atom. The van der Waals surface area contributed by atoms with Gasteiger partial charge in [-0.05, 0) is 30.7 Å². The lowest BCUT2D eigenvalue weighted by Crippen LogP contribution is -2.25. The summed E-state index contributed by atoms with van der Waals surface area (Å²) in [6, 6.07) is 5.45. The van der Waals surface area contributed by atoms with Crippen molar-refractivity contribution in [3.8, 4) is 5.75 Å². The first kappa shape index (κ1) is 11.9. The van der Waals surface area contributed by atoms with Crippen LogP contribution in [0.2, 0.25) is 5.02 Å². The van der Waals surface area contributed by atoms with Gasteiger partial charge in [0.1, 0.15) is 5.75 Å². The zero-order valence-corrected chi connectivity index (χ0v) is 9.64. The summed E-state index contributed by atoms with van der Waals surface area (Å²) in [5.41, 5.74) is 6.33. The zero-order chi connectivity index (χ0) is 11.4. The number of nitrogens with one attached hydrogen (secondary N) is 1. The summed E-state index contributed by atoms with van der Waals surface area (Å²) in [7, 11) is 0. The van der Waals surface area contributed by atoms with Crippen molar-refractivity contribution in [2.45, 2.75) is 13.8 Å². The maximum atomic E-state index is 7.23. The van der Waals surface area contributed by atoms with Crippen LogP contribution >= 0.6 is 11.6 Å². The quantitative estimate of drug-likeness (QED) is 0.613. The number of hydrogen-bond donors (Lipinski definition) is 2. The molecule has 3 nitrogen and oxygen atoms in total. The van der Waals surface area contributed by atoms with Crippen molar-refractivity contribution in [1.29, 1.82) is 5.41 Å². The van der Waals surface area contributed by atoms with Gasteiger partial charge in [-0.15, -0.1) is 0 Å². The second-order valence-electron chi connectivity index (χ2n) is 3.58. The first-order valence-electron chi connectivity index (χ1n) is 4.73. The molecule has 0 heterocycles. The molecule has 0 amide bonds. The third-order valence-electron chi connectivity index (χ3n) is 2.16. The van der Waals surface area contributed by atoms with E-state index in [9.17, 15) is 0 Å². The highest BCUT2D eigenvalue weighted by Crippen LogP contribution is 2.22. The number of rotatable bonds is 4. The Bertz CT molecular complexity index is 366. The Balaban J connectivity index is 2.62. The fourth-order valence-corrected chi connectivity index (χ4v) is 1.31. The van der Waals surface area contributed by atoms with Gasteiger partial charge in [0.25, 0.3) is 0 Å². The lowest BCUT2D eigenvalue weighted by molar-refractivity contribution is 0.290. The van der Waals surface area contributed by atoms with Crippen molar-refractivity contribution in [1.82, 2.24) is 0 Å². The van der Waals surface area contributed by atoms with Gasteiger partial charge in [-0.1, -0.05) is 18.5 Å². The summed E-state index contributed by atoms with van der Waals surface area (Å²) < 4.78 is 5.54. The molecule has 0 bridgehead atoms. The van der Waals surface area contributed by atoms with E-state index < -0.39 is 0 Å². The van der Waals surface area contributed by atoms with E-state index in [0.29, 0.717) is 11.6 Å². The van der Waals surface area contributed by atoms with Gasteiger partial charge in [0.2, 0.25) is 0 Å². The third-order valence-corrected chi connectivity index (χ3v) is 2.39. The highest BCUT2D eigenvalue weighted by molar-refractivity contribution is 6.30. The molecule has 0 saturated heterocycles. The first-order valence-corrected chi connectivity index (χ1v) is 5.11. The van der Waals surface area contributed by atoms with Gasteiger partial charge in [0, 0.05) is 10.9 Å². The zero-order valence-electron chi connectivity index (χ0n) is 8.88. The van der Waals surface area contributed by atoms with E-state index >= 15 is 0 Å². The Hall–Kier alpha value is -1.22. The van der Waals surface area contributed by atoms with E-state index in [1.54, 1.807) is 6.07 Å². The second-order valence-corrected chi connectivity index (χ2v) is 4.01. The molecule has 1 aromatic carbocycles. The van der Waals surface area contributed by atoms with Crippen LogP contribution in [-0.2, 0) is 0 Å². The molecule has 1 rings (SSSR count). The number of hydrogen-bond acceptors (Lipinski definition) is 2. The standard InChI is InChI=1S/C11H15ClN2O/c1-7-5-9(12)3-4-10(7)15-6-8(2)11(13)14/h3-5,8H,6H2,1-2H3,(H3,13,14). The minimum absolute atomic E-state index is 0.0694. The minimum Gasteiger partial charge on any atom is -0.493 e. The van der Waals surface area contributed by atoms with Crippen LogP contribution < -0.4 is 10.5 Å². The van der Waals surface area contributed by atoms with E-state index in [1.807, 2.05) is 26.0 Å². The van der Waals surface area contributed by atoms with Crippen LogP contribution in [0.25, 0.3) is 0 Å². The fraction of sp³-hybridized carbons (Fsp3) is 0.364. The van der Waals surface area contributed by atoms with Crippen LogP contribution in [0.15, 0.2) is 18.2 Å². The van der Waals surface area contributed by atoms with Crippen LogP contribution in [0, 0.1) is 18.3 Å². The number of nitrogens with two attached hydrogens (primary N) is 1. The molecule has 0 aliphatic heterocycles. The number of benzene rings is 1. The Kier molecular flexibility index (Phi) is 3.97. The molecule has 1 aromatic rings. The predicted molar refractivity (Wildman–Crippen MR) is 62.8 cm³/mol. The van der Waals surface area contributed by atoms with Crippen molar-refractivity contribution in [3.05, 3.63) is 28.8 Å². The van der Waals surface area contributed by atoms with Crippen LogP contribution in [0.5, 0.6) is 5.75 Å². The molecule has 1 atom stereocenters. The molecule has 0 radical (unpaired) electrons. The molecular weight excluding hydrogens is 212 g/mol. The van der Waals surface area contributed by atoms with Gasteiger partial charge in [-0.3, -0.25) is 5.41 Å². The lowest BCUT2D eigenvalue weighted by Gasteiger charge is -2.13. The molecule has 0 aliphatic rings. The molecule has 0 saturated carbocycles. The van der Waals surface area contributed by atoms with Crippen molar-refractivity contribution in [3.63, 3.8) is 0 Å². The molecule has 0 fully saturated rings. The number of amidine groups is 1. The molecule has 1 unspecified atom stereocenters. The van der Waals surface area contributed by atoms with E-state index in [4.69, 9.17) is 27.5 Å². The monoisotopic (exact) mass is 226 g/mol. The molecule has 3 N–H and O–H groups in total. The normalized spacial score (nSPS) is 12.2. The van der Waals surface area contributed by atoms with Gasteiger partial charge >= 0.3 is 0 Å². The molecule has 0 aromatic heterocycles. The van der Waals surface area contributed by atoms with Crippen LogP contribution in [0.4, 0.5) is 0 Å². The maximum absolute atomic E-state index is 7.23. The van der Waals surface area contributed by atoms with Crippen LogP contribution in [0.3, 0.4) is 0 Å².